The van der Waals surface area contributed by atoms with E-state index in [1.807, 2.05) is 54.7 Å². The summed E-state index contributed by atoms with van der Waals surface area (Å²) in [6.45, 7) is 4.05. The van der Waals surface area contributed by atoms with E-state index in [0.717, 1.165) is 43.2 Å². The van der Waals surface area contributed by atoms with E-state index in [0.29, 0.717) is 6.04 Å². The zero-order valence-electron chi connectivity index (χ0n) is 19.1. The summed E-state index contributed by atoms with van der Waals surface area (Å²) in [5, 5.41) is 6.99. The van der Waals surface area contributed by atoms with Crippen LogP contribution in [-0.2, 0) is 0 Å². The molecule has 0 aromatic heterocycles. The number of para-hydroxylation sites is 1. The van der Waals surface area contributed by atoms with Crippen LogP contribution in [0.3, 0.4) is 0 Å². The van der Waals surface area contributed by atoms with Gasteiger partial charge in [0.25, 0.3) is 0 Å². The summed E-state index contributed by atoms with van der Waals surface area (Å²) in [6.07, 6.45) is 1.95. The van der Waals surface area contributed by atoms with Crippen molar-refractivity contribution in [1.29, 1.82) is 0 Å². The van der Waals surface area contributed by atoms with Gasteiger partial charge >= 0.3 is 0 Å². The molecule has 0 radical (unpaired) electrons. The van der Waals surface area contributed by atoms with E-state index in [9.17, 15) is 0 Å². The average Bonchev–Trinajstić information content (AvgIpc) is 3.23. The fourth-order valence-electron chi connectivity index (χ4n) is 5.21. The molecule has 0 spiro atoms. The van der Waals surface area contributed by atoms with E-state index in [1.165, 1.54) is 22.3 Å². The predicted molar refractivity (Wildman–Crippen MR) is 137 cm³/mol. The normalized spacial score (nSPS) is 15.9. The van der Waals surface area contributed by atoms with Crippen LogP contribution in [0.2, 0.25) is 0 Å². The van der Waals surface area contributed by atoms with Crippen molar-refractivity contribution in [2.24, 2.45) is 5.10 Å². The second-order valence-corrected chi connectivity index (χ2v) is 8.95. The van der Waals surface area contributed by atoms with Crippen LogP contribution in [0.1, 0.15) is 22.7 Å². The maximum Gasteiger partial charge on any atom is 0.140 e. The Morgan fingerprint density at radius 1 is 0.706 bits per heavy atom. The summed E-state index contributed by atoms with van der Waals surface area (Å²) in [5.74, 6) is 1.66. The van der Waals surface area contributed by atoms with Crippen molar-refractivity contribution < 1.29 is 9.64 Å². The van der Waals surface area contributed by atoms with E-state index in [-0.39, 0.29) is 0 Å². The molecule has 1 aliphatic heterocycles. The predicted octanol–water partition coefficient (Wildman–Crippen LogP) is 4.78. The number of hydrogen-bond acceptors (Lipinski definition) is 3. The van der Waals surface area contributed by atoms with E-state index < -0.39 is 0 Å². The smallest absolute Gasteiger partial charge is 0.140 e. The number of fused-ring (bicyclic) bond motifs is 3. The topological polar surface area (TPSA) is 29.3 Å². The molecule has 0 unspecified atom stereocenters. The molecule has 1 saturated heterocycles. The second-order valence-electron chi connectivity index (χ2n) is 8.95. The van der Waals surface area contributed by atoms with Crippen molar-refractivity contribution >= 4 is 6.21 Å². The zero-order chi connectivity index (χ0) is 22.7. The maximum atomic E-state index is 5.96. The molecule has 4 nitrogen and oxygen atoms in total. The van der Waals surface area contributed by atoms with Crippen molar-refractivity contribution in [3.8, 4) is 22.6 Å². The summed E-state index contributed by atoms with van der Waals surface area (Å²) >= 11 is 0. The molecule has 6 rings (SSSR count). The minimum Gasteiger partial charge on any atom is -0.457 e. The molecule has 0 atom stereocenters. The van der Waals surface area contributed by atoms with E-state index >= 15 is 0 Å². The summed E-state index contributed by atoms with van der Waals surface area (Å²) in [4.78, 5) is 1.63. The number of quaternary nitrogens is 1. The second kappa shape index (κ2) is 9.16. The number of nitrogens with zero attached hydrogens (tertiary/aromatic N) is 2. The molecule has 0 amide bonds. The lowest BCUT2D eigenvalue weighted by atomic mass is 10.0. The van der Waals surface area contributed by atoms with Crippen LogP contribution in [0.25, 0.3) is 11.1 Å². The third kappa shape index (κ3) is 4.09. The van der Waals surface area contributed by atoms with Gasteiger partial charge in [0.15, 0.2) is 0 Å². The lowest BCUT2D eigenvalue weighted by Gasteiger charge is -2.34. The Kier molecular flexibility index (Phi) is 5.58. The Labute approximate surface area is 200 Å². The van der Waals surface area contributed by atoms with Gasteiger partial charge in [0.2, 0.25) is 0 Å². The summed E-state index contributed by atoms with van der Waals surface area (Å²) in [6, 6.07) is 36.2. The lowest BCUT2D eigenvalue weighted by Crippen LogP contribution is -3.14. The minimum atomic E-state index is 0.422. The van der Waals surface area contributed by atoms with Crippen molar-refractivity contribution in [3.05, 3.63) is 120 Å². The first-order chi connectivity index (χ1) is 16.8. The van der Waals surface area contributed by atoms with Crippen LogP contribution in [0, 0.1) is 0 Å². The van der Waals surface area contributed by atoms with Gasteiger partial charge in [0, 0.05) is 11.1 Å². The highest BCUT2D eigenvalue weighted by atomic mass is 16.5. The molecule has 1 fully saturated rings. The van der Waals surface area contributed by atoms with Gasteiger partial charge in [-0.1, -0.05) is 78.9 Å². The van der Waals surface area contributed by atoms with E-state index in [2.05, 4.69) is 59.6 Å². The number of hydrazone groups is 1. The van der Waals surface area contributed by atoms with Crippen LogP contribution < -0.4 is 9.64 Å². The fraction of sp³-hybridized carbons (Fsp3) is 0.167. The van der Waals surface area contributed by atoms with Gasteiger partial charge < -0.3 is 9.64 Å². The Bertz CT molecular complexity index is 1260. The molecule has 4 aromatic carbocycles. The first-order valence-electron chi connectivity index (χ1n) is 12.0. The quantitative estimate of drug-likeness (QED) is 0.447. The van der Waals surface area contributed by atoms with Gasteiger partial charge in [-0.2, -0.15) is 5.10 Å². The van der Waals surface area contributed by atoms with Crippen molar-refractivity contribution in [3.63, 3.8) is 0 Å². The zero-order valence-corrected chi connectivity index (χ0v) is 19.1. The molecule has 0 bridgehead atoms. The molecule has 0 saturated carbocycles. The molecule has 2 aliphatic rings. The van der Waals surface area contributed by atoms with Gasteiger partial charge in [0.05, 0.1) is 32.4 Å². The molecule has 1 aliphatic carbocycles. The first kappa shape index (κ1) is 20.7. The average molecular weight is 447 g/mol. The van der Waals surface area contributed by atoms with Gasteiger partial charge in [0.1, 0.15) is 17.5 Å². The van der Waals surface area contributed by atoms with Gasteiger partial charge in [-0.3, -0.25) is 5.01 Å². The summed E-state index contributed by atoms with van der Waals surface area (Å²) in [7, 11) is 0. The molecule has 168 valence electrons. The Hall–Kier alpha value is -3.89. The molecule has 1 N–H and O–H groups in total. The van der Waals surface area contributed by atoms with Gasteiger partial charge in [-0.05, 0) is 41.0 Å². The van der Waals surface area contributed by atoms with E-state index in [1.54, 1.807) is 4.90 Å². The summed E-state index contributed by atoms with van der Waals surface area (Å²) in [5.41, 5.74) is 6.76. The third-order valence-corrected chi connectivity index (χ3v) is 6.83. The molecule has 4 heteroatoms. The van der Waals surface area contributed by atoms with Crippen molar-refractivity contribution in [2.45, 2.75) is 6.04 Å². The third-order valence-electron chi connectivity index (χ3n) is 6.83. The largest absolute Gasteiger partial charge is 0.457 e. The van der Waals surface area contributed by atoms with Crippen LogP contribution in [0.15, 0.2) is 108 Å². The van der Waals surface area contributed by atoms with Crippen molar-refractivity contribution in [1.82, 2.24) is 5.01 Å². The Morgan fingerprint density at radius 3 is 2.03 bits per heavy atom. The molecule has 1 heterocycles. The van der Waals surface area contributed by atoms with Crippen LogP contribution >= 0.6 is 0 Å². The molecule has 34 heavy (non-hydrogen) atoms. The van der Waals surface area contributed by atoms with Crippen LogP contribution in [0.4, 0.5) is 0 Å². The first-order valence-corrected chi connectivity index (χ1v) is 12.0. The monoisotopic (exact) mass is 446 g/mol. The number of piperazine rings is 1. The highest BCUT2D eigenvalue weighted by molar-refractivity contribution is 5.80. The number of benzene rings is 4. The molecular weight excluding hydrogens is 418 g/mol. The SMILES string of the molecule is C(=N\N1CC[NH+](C2c3ccccc3-c3ccccc32)CC1)/c1cccc(Oc2ccccc2)c1. The summed E-state index contributed by atoms with van der Waals surface area (Å²) < 4.78 is 5.96. The van der Waals surface area contributed by atoms with E-state index in [4.69, 9.17) is 9.84 Å². The standard InChI is InChI=1S/C30H27N3O/c1-2-10-24(11-3-1)34-25-12-8-9-23(21-25)22-31-33-19-17-32(18-20-33)30-28-15-6-4-13-26(28)27-14-5-7-16-29(27)30/h1-16,21-22,30H,17-20H2/p+1/b31-22+. The van der Waals surface area contributed by atoms with Crippen LogP contribution in [0.5, 0.6) is 11.5 Å². The van der Waals surface area contributed by atoms with Crippen LogP contribution in [-0.4, -0.2) is 37.4 Å². The fourth-order valence-corrected chi connectivity index (χ4v) is 5.21. The molecular formula is C30H28N3O+. The van der Waals surface area contributed by atoms with Gasteiger partial charge in [-0.15, -0.1) is 0 Å². The Balaban J connectivity index is 1.12. The molecule has 4 aromatic rings. The minimum absolute atomic E-state index is 0.422. The number of nitrogens with one attached hydrogen (secondary N) is 1. The maximum absolute atomic E-state index is 5.96. The number of rotatable bonds is 5. The lowest BCUT2D eigenvalue weighted by molar-refractivity contribution is -0.929. The number of ether oxygens (including phenoxy) is 1. The highest BCUT2D eigenvalue weighted by Gasteiger charge is 2.37. The number of hydrogen-bond donors (Lipinski definition) is 1. The van der Waals surface area contributed by atoms with Gasteiger partial charge in [-0.25, -0.2) is 0 Å². The Morgan fingerprint density at radius 2 is 1.32 bits per heavy atom. The highest BCUT2D eigenvalue weighted by Crippen LogP contribution is 2.41. The van der Waals surface area contributed by atoms with Crippen molar-refractivity contribution in [2.75, 3.05) is 26.2 Å².